The predicted molar refractivity (Wildman–Crippen MR) is 68.6 cm³/mol. The van der Waals surface area contributed by atoms with Crippen LogP contribution in [0.5, 0.6) is 0 Å². The summed E-state index contributed by atoms with van der Waals surface area (Å²) in [7, 11) is 0. The van der Waals surface area contributed by atoms with Crippen LogP contribution in [-0.2, 0) is 0 Å². The Labute approximate surface area is 109 Å². The van der Waals surface area contributed by atoms with Gasteiger partial charge in [0.05, 0.1) is 5.51 Å². The van der Waals surface area contributed by atoms with Gasteiger partial charge in [-0.15, -0.1) is 11.3 Å². The fraction of sp³-hybridized carbons (Fsp3) is 0.417. The molecule has 3 rings (SSSR count). The average molecular weight is 262 g/mol. The first-order valence-electron chi connectivity index (χ1n) is 6.01. The van der Waals surface area contributed by atoms with E-state index in [4.69, 9.17) is 0 Å². The van der Waals surface area contributed by atoms with Crippen LogP contribution in [0.3, 0.4) is 0 Å². The van der Waals surface area contributed by atoms with Crippen LogP contribution in [0.1, 0.15) is 35.1 Å². The van der Waals surface area contributed by atoms with Crippen molar-refractivity contribution in [3.63, 3.8) is 0 Å². The van der Waals surface area contributed by atoms with Crippen molar-refractivity contribution in [3.8, 4) is 0 Å². The fourth-order valence-corrected chi connectivity index (χ4v) is 2.89. The zero-order valence-electron chi connectivity index (χ0n) is 9.87. The van der Waals surface area contributed by atoms with Gasteiger partial charge in [-0.25, -0.2) is 9.97 Å². The summed E-state index contributed by atoms with van der Waals surface area (Å²) < 4.78 is 0. The second-order valence-corrected chi connectivity index (χ2v) is 5.16. The molecular formula is C12H14N4OS. The first kappa shape index (κ1) is 11.4. The van der Waals surface area contributed by atoms with Gasteiger partial charge < -0.3 is 9.88 Å². The smallest absolute Gasteiger partial charge is 0.273 e. The molecule has 1 amide bonds. The number of rotatable bonds is 2. The number of carbonyl (C=O) groups is 1. The van der Waals surface area contributed by atoms with Crippen molar-refractivity contribution in [2.45, 2.75) is 18.8 Å². The minimum Gasteiger partial charge on any atom is -0.348 e. The summed E-state index contributed by atoms with van der Waals surface area (Å²) in [6.07, 6.45) is 5.68. The van der Waals surface area contributed by atoms with Gasteiger partial charge >= 0.3 is 0 Å². The Hall–Kier alpha value is -1.69. The standard InChI is InChI=1S/C12H14N4OS/c17-12(10-7-18-8-15-10)16-5-1-2-9(6-16)11-13-3-4-14-11/h3-4,7-9H,1-2,5-6H2,(H,13,14). The number of aromatic amines is 1. The van der Waals surface area contributed by atoms with Crippen LogP contribution in [-0.4, -0.2) is 38.8 Å². The highest BCUT2D eigenvalue weighted by atomic mass is 32.1. The monoisotopic (exact) mass is 262 g/mol. The maximum Gasteiger partial charge on any atom is 0.273 e. The number of imidazole rings is 1. The molecule has 0 spiro atoms. The lowest BCUT2D eigenvalue weighted by Gasteiger charge is -2.31. The van der Waals surface area contributed by atoms with Crippen LogP contribution in [0.15, 0.2) is 23.3 Å². The molecule has 5 nitrogen and oxygen atoms in total. The first-order chi connectivity index (χ1) is 8.84. The lowest BCUT2D eigenvalue weighted by Crippen LogP contribution is -2.39. The van der Waals surface area contributed by atoms with E-state index in [0.29, 0.717) is 11.6 Å². The third-order valence-electron chi connectivity index (χ3n) is 3.27. The number of carbonyl (C=O) groups excluding carboxylic acids is 1. The number of nitrogens with zero attached hydrogens (tertiary/aromatic N) is 3. The molecule has 1 N–H and O–H groups in total. The normalized spacial score (nSPS) is 20.0. The van der Waals surface area contributed by atoms with E-state index >= 15 is 0 Å². The van der Waals surface area contributed by atoms with Crippen molar-refractivity contribution in [1.82, 2.24) is 19.9 Å². The summed E-state index contributed by atoms with van der Waals surface area (Å²) in [4.78, 5) is 25.6. The second kappa shape index (κ2) is 4.89. The highest BCUT2D eigenvalue weighted by Gasteiger charge is 2.27. The van der Waals surface area contributed by atoms with Crippen molar-refractivity contribution in [2.24, 2.45) is 0 Å². The van der Waals surface area contributed by atoms with Crippen molar-refractivity contribution in [2.75, 3.05) is 13.1 Å². The van der Waals surface area contributed by atoms with Gasteiger partial charge in [-0.3, -0.25) is 4.79 Å². The topological polar surface area (TPSA) is 61.9 Å². The SMILES string of the molecule is O=C(c1cscn1)N1CCCC(c2ncc[nH]2)C1. The number of nitrogens with one attached hydrogen (secondary N) is 1. The Morgan fingerprint density at radius 1 is 1.50 bits per heavy atom. The molecule has 1 aliphatic heterocycles. The van der Waals surface area contributed by atoms with E-state index in [2.05, 4.69) is 15.0 Å². The molecule has 18 heavy (non-hydrogen) atoms. The number of H-pyrrole nitrogens is 1. The molecule has 2 aromatic heterocycles. The summed E-state index contributed by atoms with van der Waals surface area (Å²) in [6.45, 7) is 1.54. The third-order valence-corrected chi connectivity index (χ3v) is 3.85. The Morgan fingerprint density at radius 2 is 2.44 bits per heavy atom. The summed E-state index contributed by atoms with van der Waals surface area (Å²) in [5.41, 5.74) is 2.25. The Balaban J connectivity index is 1.73. The zero-order chi connectivity index (χ0) is 12.4. The molecule has 0 radical (unpaired) electrons. The Bertz CT molecular complexity index is 508. The molecule has 1 aliphatic rings. The molecule has 2 aromatic rings. The largest absolute Gasteiger partial charge is 0.348 e. The summed E-state index contributed by atoms with van der Waals surface area (Å²) in [6, 6.07) is 0. The van der Waals surface area contributed by atoms with Gasteiger partial charge in [-0.1, -0.05) is 0 Å². The van der Waals surface area contributed by atoms with Crippen molar-refractivity contribution in [1.29, 1.82) is 0 Å². The van der Waals surface area contributed by atoms with Gasteiger partial charge in [0.15, 0.2) is 0 Å². The van der Waals surface area contributed by atoms with Crippen LogP contribution < -0.4 is 0 Å². The molecule has 0 bridgehead atoms. The van der Waals surface area contributed by atoms with E-state index in [0.717, 1.165) is 31.8 Å². The van der Waals surface area contributed by atoms with E-state index in [1.54, 1.807) is 17.1 Å². The van der Waals surface area contributed by atoms with Crippen LogP contribution >= 0.6 is 11.3 Å². The number of piperidine rings is 1. The molecule has 1 fully saturated rings. The van der Waals surface area contributed by atoms with Gasteiger partial charge in [-0.05, 0) is 12.8 Å². The van der Waals surface area contributed by atoms with Gasteiger partial charge in [0, 0.05) is 36.8 Å². The van der Waals surface area contributed by atoms with E-state index < -0.39 is 0 Å². The van der Waals surface area contributed by atoms with Crippen LogP contribution in [0.4, 0.5) is 0 Å². The van der Waals surface area contributed by atoms with E-state index in [1.807, 2.05) is 11.1 Å². The highest BCUT2D eigenvalue weighted by Crippen LogP contribution is 2.25. The quantitative estimate of drug-likeness (QED) is 0.899. The summed E-state index contributed by atoms with van der Waals surface area (Å²) in [5.74, 6) is 1.33. The lowest BCUT2D eigenvalue weighted by atomic mass is 9.97. The molecule has 94 valence electrons. The first-order valence-corrected chi connectivity index (χ1v) is 6.95. The maximum atomic E-state index is 12.2. The minimum absolute atomic E-state index is 0.0347. The van der Waals surface area contributed by atoms with E-state index in [-0.39, 0.29) is 5.91 Å². The highest BCUT2D eigenvalue weighted by molar-refractivity contribution is 7.07. The van der Waals surface area contributed by atoms with Crippen LogP contribution in [0.2, 0.25) is 0 Å². The van der Waals surface area contributed by atoms with E-state index in [9.17, 15) is 4.79 Å². The van der Waals surface area contributed by atoms with Gasteiger partial charge in [0.25, 0.3) is 5.91 Å². The summed E-state index contributed by atoms with van der Waals surface area (Å²) in [5, 5.41) is 1.80. The van der Waals surface area contributed by atoms with Gasteiger partial charge in [-0.2, -0.15) is 0 Å². The molecule has 3 heterocycles. The van der Waals surface area contributed by atoms with Crippen molar-refractivity contribution >= 4 is 17.2 Å². The molecule has 0 saturated carbocycles. The number of thiazole rings is 1. The maximum absolute atomic E-state index is 12.2. The van der Waals surface area contributed by atoms with Crippen molar-refractivity contribution < 1.29 is 4.79 Å². The molecular weight excluding hydrogens is 248 g/mol. The molecule has 1 unspecified atom stereocenters. The second-order valence-electron chi connectivity index (χ2n) is 4.44. The van der Waals surface area contributed by atoms with Gasteiger partial charge in [0.2, 0.25) is 0 Å². The lowest BCUT2D eigenvalue weighted by molar-refractivity contribution is 0.0699. The summed E-state index contributed by atoms with van der Waals surface area (Å²) >= 11 is 1.45. The third kappa shape index (κ3) is 2.15. The molecule has 1 saturated heterocycles. The fourth-order valence-electron chi connectivity index (χ4n) is 2.37. The van der Waals surface area contributed by atoms with E-state index in [1.165, 1.54) is 11.3 Å². The van der Waals surface area contributed by atoms with Crippen LogP contribution in [0.25, 0.3) is 0 Å². The number of aromatic nitrogens is 3. The number of hydrogen-bond acceptors (Lipinski definition) is 4. The molecule has 6 heteroatoms. The average Bonchev–Trinajstić information content (AvgIpc) is 3.11. The molecule has 0 aromatic carbocycles. The number of amides is 1. The Morgan fingerprint density at radius 3 is 3.17 bits per heavy atom. The van der Waals surface area contributed by atoms with Gasteiger partial charge in [0.1, 0.15) is 11.5 Å². The van der Waals surface area contributed by atoms with Crippen molar-refractivity contribution in [3.05, 3.63) is 34.8 Å². The number of likely N-dealkylation sites (tertiary alicyclic amines) is 1. The Kier molecular flexibility index (Phi) is 3.10. The number of hydrogen-bond donors (Lipinski definition) is 1. The molecule has 0 aliphatic carbocycles. The van der Waals surface area contributed by atoms with Crippen LogP contribution in [0, 0.1) is 0 Å². The molecule has 1 atom stereocenters. The zero-order valence-corrected chi connectivity index (χ0v) is 10.7. The predicted octanol–water partition coefficient (Wildman–Crippen LogP) is 1.89. The minimum atomic E-state index is 0.0347.